The molecule has 0 rings (SSSR count). The van der Waals surface area contributed by atoms with Gasteiger partial charge < -0.3 is 20.3 Å². The molecule has 0 aliphatic carbocycles. The third-order valence-electron chi connectivity index (χ3n) is 17.4. The minimum Gasteiger partial charge on any atom is -0.466 e. The van der Waals surface area contributed by atoms with E-state index in [1.54, 1.807) is 0 Å². The third-order valence-corrected chi connectivity index (χ3v) is 17.4. The molecule has 2 unspecified atom stereocenters. The summed E-state index contributed by atoms with van der Waals surface area (Å²) < 4.78 is 5.50. The first-order chi connectivity index (χ1) is 38.5. The molecule has 1 amide bonds. The highest BCUT2D eigenvalue weighted by molar-refractivity contribution is 5.76. The molecule has 0 aliphatic heterocycles. The van der Waals surface area contributed by atoms with Gasteiger partial charge in [-0.1, -0.05) is 386 Å². The topological polar surface area (TPSA) is 95.9 Å². The van der Waals surface area contributed by atoms with Crippen LogP contribution in [0.1, 0.15) is 425 Å². The summed E-state index contributed by atoms with van der Waals surface area (Å²) in [5.41, 5.74) is 0. The van der Waals surface area contributed by atoms with Crippen molar-refractivity contribution in [2.24, 2.45) is 0 Å². The number of amides is 1. The summed E-state index contributed by atoms with van der Waals surface area (Å²) in [4.78, 5) is 24.6. The molecule has 0 heterocycles. The van der Waals surface area contributed by atoms with Gasteiger partial charge in [0.15, 0.2) is 0 Å². The van der Waals surface area contributed by atoms with Gasteiger partial charge in [0.2, 0.25) is 5.91 Å². The van der Waals surface area contributed by atoms with Crippen LogP contribution < -0.4 is 5.32 Å². The van der Waals surface area contributed by atoms with Crippen LogP contribution in [0.5, 0.6) is 0 Å². The Balaban J connectivity index is 3.36. The van der Waals surface area contributed by atoms with Gasteiger partial charge in [-0.15, -0.1) is 0 Å². The summed E-state index contributed by atoms with van der Waals surface area (Å²) in [6.07, 6.45) is 83.0. The van der Waals surface area contributed by atoms with E-state index in [9.17, 15) is 19.8 Å². The number of hydrogen-bond donors (Lipinski definition) is 3. The van der Waals surface area contributed by atoms with E-state index in [2.05, 4.69) is 19.2 Å². The van der Waals surface area contributed by atoms with Crippen LogP contribution in [0.2, 0.25) is 0 Å². The van der Waals surface area contributed by atoms with E-state index in [1.807, 2.05) is 0 Å². The Hall–Kier alpha value is -1.14. The highest BCUT2D eigenvalue weighted by Crippen LogP contribution is 2.20. The maximum absolute atomic E-state index is 12.6. The first-order valence-corrected chi connectivity index (χ1v) is 36.3. The van der Waals surface area contributed by atoms with E-state index in [1.165, 1.54) is 353 Å². The van der Waals surface area contributed by atoms with Crippen molar-refractivity contribution in [3.63, 3.8) is 0 Å². The average Bonchev–Trinajstić information content (AvgIpc) is 3.44. The van der Waals surface area contributed by atoms with Gasteiger partial charge in [0.25, 0.3) is 0 Å². The highest BCUT2D eigenvalue weighted by Gasteiger charge is 2.20. The molecular weight excluding hydrogens is 959 g/mol. The van der Waals surface area contributed by atoms with Crippen LogP contribution in [0, 0.1) is 0 Å². The number of esters is 1. The second-order valence-electron chi connectivity index (χ2n) is 25.3. The van der Waals surface area contributed by atoms with Crippen LogP contribution in [0.3, 0.4) is 0 Å². The molecule has 2 atom stereocenters. The Morgan fingerprint density at radius 3 is 0.782 bits per heavy atom. The van der Waals surface area contributed by atoms with Crippen LogP contribution in [-0.2, 0) is 14.3 Å². The summed E-state index contributed by atoms with van der Waals surface area (Å²) in [5.74, 6) is -0.00948. The van der Waals surface area contributed by atoms with Crippen LogP contribution in [0.4, 0.5) is 0 Å². The van der Waals surface area contributed by atoms with E-state index >= 15 is 0 Å². The van der Waals surface area contributed by atoms with E-state index < -0.39 is 12.1 Å². The molecule has 0 aromatic carbocycles. The van der Waals surface area contributed by atoms with Crippen molar-refractivity contribution in [2.75, 3.05) is 13.2 Å². The van der Waals surface area contributed by atoms with Crippen molar-refractivity contribution in [3.8, 4) is 0 Å². The standard InChI is InChI=1S/C72H143NO5/c1-3-5-7-9-11-13-15-17-19-20-21-22-24-27-30-33-37-40-44-48-52-56-60-64-70(75)69(68-74)73-71(76)65-61-57-53-49-45-41-38-34-31-28-25-23-26-29-32-35-39-43-47-51-55-59-63-67-78-72(77)66-62-58-54-50-46-42-36-18-16-14-12-10-8-6-4-2/h69-70,74-75H,3-68H2,1-2H3,(H,73,76). The van der Waals surface area contributed by atoms with Gasteiger partial charge in [-0.2, -0.15) is 0 Å². The summed E-state index contributed by atoms with van der Waals surface area (Å²) in [6.45, 7) is 5.01. The fourth-order valence-electron chi connectivity index (χ4n) is 11.9. The maximum Gasteiger partial charge on any atom is 0.305 e. The lowest BCUT2D eigenvalue weighted by molar-refractivity contribution is -0.143. The molecule has 0 saturated carbocycles. The molecule has 0 bridgehead atoms. The largest absolute Gasteiger partial charge is 0.466 e. The van der Waals surface area contributed by atoms with Gasteiger partial charge in [0.05, 0.1) is 25.4 Å². The van der Waals surface area contributed by atoms with E-state index in [-0.39, 0.29) is 18.5 Å². The van der Waals surface area contributed by atoms with Crippen LogP contribution >= 0.6 is 0 Å². The summed E-state index contributed by atoms with van der Waals surface area (Å²) >= 11 is 0. The maximum atomic E-state index is 12.6. The fourth-order valence-corrected chi connectivity index (χ4v) is 11.9. The lowest BCUT2D eigenvalue weighted by atomic mass is 10.0. The SMILES string of the molecule is CCCCCCCCCCCCCCCCCCCCCCCCCC(O)C(CO)NC(=O)CCCCCCCCCCCCCCCCCCCCCCCCCOC(=O)CCCCCCCCCCCCCCCCC. The quantitative estimate of drug-likeness (QED) is 0.0417. The second kappa shape index (κ2) is 68.4. The smallest absolute Gasteiger partial charge is 0.305 e. The molecular formula is C72H143NO5. The Morgan fingerprint density at radius 2 is 0.526 bits per heavy atom. The minimum absolute atomic E-state index is 0.0190. The third kappa shape index (κ3) is 64.0. The number of carbonyl (C=O) groups excluding carboxylic acids is 2. The van der Waals surface area contributed by atoms with Gasteiger partial charge in [0, 0.05) is 12.8 Å². The van der Waals surface area contributed by atoms with Crippen molar-refractivity contribution < 1.29 is 24.5 Å². The number of carbonyl (C=O) groups is 2. The highest BCUT2D eigenvalue weighted by atomic mass is 16.5. The summed E-state index contributed by atoms with van der Waals surface area (Å²) in [7, 11) is 0. The van der Waals surface area contributed by atoms with Crippen molar-refractivity contribution in [1.82, 2.24) is 5.32 Å². The molecule has 466 valence electrons. The molecule has 0 fully saturated rings. The Kier molecular flexibility index (Phi) is 67.4. The Labute approximate surface area is 489 Å². The number of unbranched alkanes of at least 4 members (excludes halogenated alkanes) is 58. The van der Waals surface area contributed by atoms with Gasteiger partial charge >= 0.3 is 5.97 Å². The first kappa shape index (κ1) is 76.9. The van der Waals surface area contributed by atoms with E-state index in [0.717, 1.165) is 38.5 Å². The first-order valence-electron chi connectivity index (χ1n) is 36.3. The fraction of sp³-hybridized carbons (Fsp3) is 0.972. The summed E-state index contributed by atoms with van der Waals surface area (Å²) in [5, 5.41) is 23.4. The monoisotopic (exact) mass is 1100 g/mol. The molecule has 0 radical (unpaired) electrons. The normalized spacial score (nSPS) is 12.4. The number of rotatable bonds is 69. The number of aliphatic hydroxyl groups excluding tert-OH is 2. The van der Waals surface area contributed by atoms with E-state index in [4.69, 9.17) is 4.74 Å². The molecule has 78 heavy (non-hydrogen) atoms. The number of hydrogen-bond acceptors (Lipinski definition) is 5. The molecule has 0 spiro atoms. The van der Waals surface area contributed by atoms with Crippen LogP contribution in [0.15, 0.2) is 0 Å². The van der Waals surface area contributed by atoms with Gasteiger partial charge in [0.1, 0.15) is 0 Å². The predicted octanol–water partition coefficient (Wildman–Crippen LogP) is 23.4. The number of ether oxygens (including phenoxy) is 1. The van der Waals surface area contributed by atoms with E-state index in [0.29, 0.717) is 25.9 Å². The average molecular weight is 1100 g/mol. The van der Waals surface area contributed by atoms with Crippen molar-refractivity contribution in [1.29, 1.82) is 0 Å². The second-order valence-corrected chi connectivity index (χ2v) is 25.3. The molecule has 0 aromatic rings. The van der Waals surface area contributed by atoms with Crippen molar-refractivity contribution >= 4 is 11.9 Å². The zero-order valence-corrected chi connectivity index (χ0v) is 53.4. The summed E-state index contributed by atoms with van der Waals surface area (Å²) in [6, 6.07) is -0.541. The molecule has 3 N–H and O–H groups in total. The van der Waals surface area contributed by atoms with Gasteiger partial charge in [-0.25, -0.2) is 0 Å². The predicted molar refractivity (Wildman–Crippen MR) is 343 cm³/mol. The molecule has 0 saturated heterocycles. The number of aliphatic hydroxyl groups is 2. The van der Waals surface area contributed by atoms with Crippen LogP contribution in [-0.4, -0.2) is 47.4 Å². The number of nitrogens with one attached hydrogen (secondary N) is 1. The van der Waals surface area contributed by atoms with Crippen molar-refractivity contribution in [2.45, 2.75) is 437 Å². The molecule has 0 aliphatic rings. The minimum atomic E-state index is -0.664. The molecule has 6 nitrogen and oxygen atoms in total. The zero-order valence-electron chi connectivity index (χ0n) is 53.4. The van der Waals surface area contributed by atoms with Gasteiger partial charge in [-0.3, -0.25) is 9.59 Å². The molecule has 6 heteroatoms. The Bertz CT molecular complexity index is 1130. The van der Waals surface area contributed by atoms with Crippen molar-refractivity contribution in [3.05, 3.63) is 0 Å². The Morgan fingerprint density at radius 1 is 0.308 bits per heavy atom. The zero-order chi connectivity index (χ0) is 56.4. The lowest BCUT2D eigenvalue weighted by Crippen LogP contribution is -2.45. The van der Waals surface area contributed by atoms with Gasteiger partial charge in [-0.05, 0) is 25.7 Å². The van der Waals surface area contributed by atoms with Crippen LogP contribution in [0.25, 0.3) is 0 Å². The lowest BCUT2D eigenvalue weighted by Gasteiger charge is -2.22. The molecule has 0 aromatic heterocycles.